The van der Waals surface area contributed by atoms with Crippen LogP contribution in [0.15, 0.2) is 0 Å². The van der Waals surface area contributed by atoms with Gasteiger partial charge in [-0.25, -0.2) is 4.79 Å². The van der Waals surface area contributed by atoms with E-state index in [1.165, 1.54) is 0 Å². The maximum Gasteiger partial charge on any atom is 0.315 e. The third kappa shape index (κ3) is 11.2. The minimum Gasteiger partial charge on any atom is -0.378 e. The van der Waals surface area contributed by atoms with Gasteiger partial charge in [-0.15, -0.1) is 0 Å². The number of hydrogen-bond donors (Lipinski definition) is 5. The first-order valence-electron chi connectivity index (χ1n) is 12.5. The lowest BCUT2D eigenvalue weighted by Crippen LogP contribution is -2.48. The molecule has 0 aromatic rings. The van der Waals surface area contributed by atoms with E-state index in [0.717, 1.165) is 25.0 Å². The molecule has 0 saturated carbocycles. The first-order chi connectivity index (χ1) is 17.1. The van der Waals surface area contributed by atoms with Crippen LogP contribution in [0, 0.1) is 0 Å². The fraction of sp³-hybridized carbons (Fsp3) is 0.909. The number of urea groups is 1. The van der Waals surface area contributed by atoms with Crippen LogP contribution in [0.5, 0.6) is 0 Å². The Morgan fingerprint density at radius 2 is 1.66 bits per heavy atom. The molecule has 0 bridgehead atoms. The number of rotatable bonds is 21. The molecule has 4 atom stereocenters. The highest BCUT2D eigenvalue weighted by Crippen LogP contribution is 2.33. The Morgan fingerprint density at radius 1 is 0.971 bits per heavy atom. The average molecular weight is 521 g/mol. The largest absolute Gasteiger partial charge is 0.378 e. The van der Waals surface area contributed by atoms with Crippen LogP contribution < -0.4 is 27.8 Å². The number of hydrogen-bond acceptors (Lipinski definition) is 10. The van der Waals surface area contributed by atoms with Gasteiger partial charge >= 0.3 is 6.03 Å². The normalized spacial score (nSPS) is 22.0. The topological polar surface area (TPSA) is 176 Å². The molecule has 35 heavy (non-hydrogen) atoms. The van der Waals surface area contributed by atoms with Gasteiger partial charge in [0.25, 0.3) is 0 Å². The molecule has 2 aliphatic heterocycles. The van der Waals surface area contributed by atoms with Crippen LogP contribution in [0.2, 0.25) is 0 Å². The molecule has 2 heterocycles. The lowest BCUT2D eigenvalue weighted by molar-refractivity contribution is -0.149. The van der Waals surface area contributed by atoms with Crippen molar-refractivity contribution in [2.75, 3.05) is 78.2 Å². The standard InChI is InChI=1S/C22H44N6O6S/c23-5-8-31-11-12-33-10-7-28(20(15-25)34-14-13-32-9-6-24)19(29)4-2-1-3-18-21-17(16-35-18)26-22(30)27-21/h17-18,20-21H,1-16,23-25H2,(H2,26,27,30)/t17-,18-,20?,21-/m0/s1. The SMILES string of the molecule is NCCOCCOCCN(C(=O)CCCC[C@@H]1SC[C@@H]2NC(=O)N[C@@H]21)C(CN)OCCOCCN. The van der Waals surface area contributed by atoms with Gasteiger partial charge in [0, 0.05) is 43.6 Å². The number of thioether (sulfide) groups is 1. The minimum atomic E-state index is -0.549. The highest BCUT2D eigenvalue weighted by molar-refractivity contribution is 8.00. The molecule has 2 saturated heterocycles. The number of carbonyl (C=O) groups is 2. The van der Waals surface area contributed by atoms with Crippen LogP contribution in [-0.4, -0.2) is 119 Å². The molecule has 0 aliphatic carbocycles. The fourth-order valence-corrected chi connectivity index (χ4v) is 5.66. The zero-order valence-corrected chi connectivity index (χ0v) is 21.5. The van der Waals surface area contributed by atoms with Gasteiger partial charge in [-0.1, -0.05) is 6.42 Å². The summed E-state index contributed by atoms with van der Waals surface area (Å²) in [4.78, 5) is 26.3. The maximum atomic E-state index is 13.1. The number of nitrogens with two attached hydrogens (primary N) is 3. The van der Waals surface area contributed by atoms with E-state index in [0.29, 0.717) is 77.6 Å². The second-order valence-electron chi connectivity index (χ2n) is 8.43. The number of carbonyl (C=O) groups excluding carboxylic acids is 2. The minimum absolute atomic E-state index is 0.0147. The lowest BCUT2D eigenvalue weighted by atomic mass is 10.0. The van der Waals surface area contributed by atoms with Crippen LogP contribution in [0.3, 0.4) is 0 Å². The van der Waals surface area contributed by atoms with E-state index in [1.807, 2.05) is 11.8 Å². The number of amides is 3. The maximum absolute atomic E-state index is 13.1. The van der Waals surface area contributed by atoms with Gasteiger partial charge < -0.3 is 51.7 Å². The Hall–Kier alpha value is -1.19. The van der Waals surface area contributed by atoms with Crippen molar-refractivity contribution in [1.29, 1.82) is 0 Å². The van der Waals surface area contributed by atoms with Crippen molar-refractivity contribution in [2.45, 2.75) is 49.2 Å². The van der Waals surface area contributed by atoms with E-state index in [1.54, 1.807) is 4.90 Å². The monoisotopic (exact) mass is 520 g/mol. The first kappa shape index (κ1) is 30.0. The van der Waals surface area contributed by atoms with Crippen LogP contribution in [0.25, 0.3) is 0 Å². The third-order valence-corrected chi connectivity index (χ3v) is 7.36. The van der Waals surface area contributed by atoms with E-state index < -0.39 is 6.23 Å². The highest BCUT2D eigenvalue weighted by atomic mass is 32.2. The predicted octanol–water partition coefficient (Wildman–Crippen LogP) is -1.19. The molecule has 2 rings (SSSR count). The summed E-state index contributed by atoms with van der Waals surface area (Å²) >= 11 is 1.88. The summed E-state index contributed by atoms with van der Waals surface area (Å²) in [5, 5.41) is 6.35. The molecule has 0 aromatic heterocycles. The quantitative estimate of drug-likeness (QED) is 0.0702. The number of fused-ring (bicyclic) bond motifs is 1. The predicted molar refractivity (Wildman–Crippen MR) is 135 cm³/mol. The number of nitrogens with zero attached hydrogens (tertiary/aromatic N) is 1. The second-order valence-corrected chi connectivity index (χ2v) is 9.70. The molecule has 13 heteroatoms. The Kier molecular flexibility index (Phi) is 15.5. The smallest absolute Gasteiger partial charge is 0.315 e. The van der Waals surface area contributed by atoms with Gasteiger partial charge in [0.2, 0.25) is 5.91 Å². The molecule has 0 spiro atoms. The Labute approximate surface area is 212 Å². The molecular weight excluding hydrogens is 476 g/mol. The summed E-state index contributed by atoms with van der Waals surface area (Å²) in [6, 6.07) is 0.319. The summed E-state index contributed by atoms with van der Waals surface area (Å²) in [6.45, 7) is 4.37. The average Bonchev–Trinajstić information content (AvgIpc) is 3.40. The number of ether oxygens (including phenoxy) is 4. The fourth-order valence-electron chi connectivity index (χ4n) is 4.12. The molecule has 0 radical (unpaired) electrons. The number of unbranched alkanes of at least 4 members (excludes halogenated alkanes) is 1. The molecule has 1 unspecified atom stereocenters. The van der Waals surface area contributed by atoms with Crippen molar-refractivity contribution in [2.24, 2.45) is 17.2 Å². The van der Waals surface area contributed by atoms with Crippen LogP contribution in [0.4, 0.5) is 4.79 Å². The zero-order valence-electron chi connectivity index (χ0n) is 20.7. The van der Waals surface area contributed by atoms with Gasteiger partial charge in [-0.2, -0.15) is 11.8 Å². The zero-order chi connectivity index (χ0) is 25.3. The van der Waals surface area contributed by atoms with Crippen LogP contribution in [0.1, 0.15) is 25.7 Å². The molecule has 3 amide bonds. The van der Waals surface area contributed by atoms with E-state index in [9.17, 15) is 9.59 Å². The molecule has 8 N–H and O–H groups in total. The summed E-state index contributed by atoms with van der Waals surface area (Å²) in [5.74, 6) is 0.918. The van der Waals surface area contributed by atoms with Crippen molar-refractivity contribution in [3.05, 3.63) is 0 Å². The second kappa shape index (κ2) is 18.1. The Morgan fingerprint density at radius 3 is 2.34 bits per heavy atom. The van der Waals surface area contributed by atoms with Gasteiger partial charge in [0.15, 0.2) is 0 Å². The lowest BCUT2D eigenvalue weighted by Gasteiger charge is -2.31. The third-order valence-electron chi connectivity index (χ3n) is 5.85. The molecule has 204 valence electrons. The Balaban J connectivity index is 1.75. The summed E-state index contributed by atoms with van der Waals surface area (Å²) in [5.41, 5.74) is 16.8. The first-order valence-corrected chi connectivity index (χ1v) is 13.6. The van der Waals surface area contributed by atoms with E-state index in [-0.39, 0.29) is 30.6 Å². The molecule has 2 aliphatic rings. The number of nitrogens with one attached hydrogen (secondary N) is 2. The van der Waals surface area contributed by atoms with Gasteiger partial charge in [-0.05, 0) is 12.8 Å². The summed E-state index contributed by atoms with van der Waals surface area (Å²) in [6.07, 6.45) is 2.48. The molecule has 2 fully saturated rings. The van der Waals surface area contributed by atoms with Crippen molar-refractivity contribution in [3.8, 4) is 0 Å². The van der Waals surface area contributed by atoms with Crippen molar-refractivity contribution < 1.29 is 28.5 Å². The van der Waals surface area contributed by atoms with Gasteiger partial charge in [0.1, 0.15) is 6.23 Å². The van der Waals surface area contributed by atoms with E-state index in [4.69, 9.17) is 36.1 Å². The molecular formula is C22H44N6O6S. The van der Waals surface area contributed by atoms with Crippen molar-refractivity contribution in [1.82, 2.24) is 15.5 Å². The van der Waals surface area contributed by atoms with Gasteiger partial charge in [-0.3, -0.25) is 4.79 Å². The highest BCUT2D eigenvalue weighted by Gasteiger charge is 2.42. The van der Waals surface area contributed by atoms with Gasteiger partial charge in [0.05, 0.1) is 58.3 Å². The van der Waals surface area contributed by atoms with E-state index >= 15 is 0 Å². The molecule has 12 nitrogen and oxygen atoms in total. The van der Waals surface area contributed by atoms with Crippen LogP contribution >= 0.6 is 11.8 Å². The molecule has 0 aromatic carbocycles. The van der Waals surface area contributed by atoms with Crippen molar-refractivity contribution >= 4 is 23.7 Å². The van der Waals surface area contributed by atoms with Crippen LogP contribution in [-0.2, 0) is 23.7 Å². The summed E-state index contributed by atoms with van der Waals surface area (Å²) in [7, 11) is 0. The summed E-state index contributed by atoms with van der Waals surface area (Å²) < 4.78 is 22.1. The van der Waals surface area contributed by atoms with E-state index in [2.05, 4.69) is 10.6 Å². The van der Waals surface area contributed by atoms with Crippen molar-refractivity contribution in [3.63, 3.8) is 0 Å². The Bertz CT molecular complexity index is 607.